The molecule has 0 heterocycles. The van der Waals surface area contributed by atoms with Gasteiger partial charge < -0.3 is 15.4 Å². The average Bonchev–Trinajstić information content (AvgIpc) is 2.61. The summed E-state index contributed by atoms with van der Waals surface area (Å²) < 4.78 is 41.6. The van der Waals surface area contributed by atoms with E-state index in [1.165, 1.54) is 24.3 Å². The summed E-state index contributed by atoms with van der Waals surface area (Å²) in [4.78, 5) is 4.16. The summed E-state index contributed by atoms with van der Waals surface area (Å²) in [6.45, 7) is 2.65. The summed E-state index contributed by atoms with van der Waals surface area (Å²) in [5.41, 5.74) is 0.744. The Hall–Kier alpha value is -2.65. The van der Waals surface area contributed by atoms with Gasteiger partial charge in [0.1, 0.15) is 17.7 Å². The van der Waals surface area contributed by atoms with E-state index in [1.54, 1.807) is 31.3 Å². The molecule has 0 spiro atoms. The quantitative estimate of drug-likeness (QED) is 0.489. The lowest BCUT2D eigenvalue weighted by molar-refractivity contribution is 0.223. The van der Waals surface area contributed by atoms with Crippen molar-refractivity contribution in [1.82, 2.24) is 10.6 Å². The fourth-order valence-corrected chi connectivity index (χ4v) is 2.88. The van der Waals surface area contributed by atoms with Gasteiger partial charge in [0, 0.05) is 19.7 Å². The maximum absolute atomic E-state index is 13.2. The predicted octanol–water partition coefficient (Wildman–Crippen LogP) is 1.61. The summed E-state index contributed by atoms with van der Waals surface area (Å²) in [5.74, 6) is 0.615. The molecule has 7 nitrogen and oxygen atoms in total. The molecule has 9 heteroatoms. The SMILES string of the molecule is CN=C(NCc1cccc(S(N)(=O)=O)c1)NCC(C)Oc1cccc(F)c1. The highest BCUT2D eigenvalue weighted by Crippen LogP contribution is 2.13. The number of hydrogen-bond acceptors (Lipinski definition) is 4. The average molecular weight is 394 g/mol. The third-order valence-electron chi connectivity index (χ3n) is 3.60. The molecular formula is C18H23FN4O3S. The van der Waals surface area contributed by atoms with Gasteiger partial charge in [0.05, 0.1) is 11.4 Å². The molecule has 0 aliphatic heterocycles. The monoisotopic (exact) mass is 394 g/mol. The lowest BCUT2D eigenvalue weighted by atomic mass is 10.2. The molecule has 0 radical (unpaired) electrons. The van der Waals surface area contributed by atoms with E-state index in [-0.39, 0.29) is 16.8 Å². The van der Waals surface area contributed by atoms with Crippen molar-refractivity contribution >= 4 is 16.0 Å². The summed E-state index contributed by atoms with van der Waals surface area (Å²) in [5, 5.41) is 11.3. The molecule has 1 unspecified atom stereocenters. The second-order valence-electron chi connectivity index (χ2n) is 5.88. The molecule has 0 saturated heterocycles. The van der Waals surface area contributed by atoms with E-state index in [4.69, 9.17) is 9.88 Å². The van der Waals surface area contributed by atoms with Gasteiger partial charge in [-0.05, 0) is 36.8 Å². The van der Waals surface area contributed by atoms with Crippen LogP contribution in [0.15, 0.2) is 58.4 Å². The lowest BCUT2D eigenvalue weighted by Gasteiger charge is -2.18. The van der Waals surface area contributed by atoms with Gasteiger partial charge in [-0.1, -0.05) is 18.2 Å². The van der Waals surface area contributed by atoms with Crippen LogP contribution in [-0.2, 0) is 16.6 Å². The van der Waals surface area contributed by atoms with E-state index in [0.29, 0.717) is 24.8 Å². The Kier molecular flexibility index (Phi) is 7.14. The van der Waals surface area contributed by atoms with Gasteiger partial charge in [0.2, 0.25) is 10.0 Å². The Balaban J connectivity index is 1.85. The topological polar surface area (TPSA) is 106 Å². The molecule has 0 amide bonds. The molecule has 146 valence electrons. The first-order chi connectivity index (χ1) is 12.8. The number of benzene rings is 2. The number of sulfonamides is 1. The molecule has 0 bridgehead atoms. The van der Waals surface area contributed by atoms with Crippen LogP contribution < -0.4 is 20.5 Å². The number of halogens is 1. The fourth-order valence-electron chi connectivity index (χ4n) is 2.29. The standard InChI is InChI=1S/C18H23FN4O3S/c1-13(26-16-7-4-6-15(19)10-16)11-22-18(21-2)23-12-14-5-3-8-17(9-14)27(20,24)25/h3-10,13H,11-12H2,1-2H3,(H2,20,24,25)(H2,21,22,23). The number of nitrogens with one attached hydrogen (secondary N) is 2. The van der Waals surface area contributed by atoms with E-state index in [9.17, 15) is 12.8 Å². The van der Waals surface area contributed by atoms with Crippen molar-refractivity contribution in [3.05, 3.63) is 59.9 Å². The fraction of sp³-hybridized carbons (Fsp3) is 0.278. The number of guanidine groups is 1. The van der Waals surface area contributed by atoms with Crippen molar-refractivity contribution in [2.24, 2.45) is 10.1 Å². The van der Waals surface area contributed by atoms with Crippen LogP contribution in [0.2, 0.25) is 0 Å². The zero-order valence-corrected chi connectivity index (χ0v) is 16.0. The summed E-state index contributed by atoms with van der Waals surface area (Å²) in [6, 6.07) is 12.3. The van der Waals surface area contributed by atoms with Gasteiger partial charge in [-0.25, -0.2) is 17.9 Å². The molecular weight excluding hydrogens is 371 g/mol. The summed E-state index contributed by atoms with van der Waals surface area (Å²) in [6.07, 6.45) is -0.226. The van der Waals surface area contributed by atoms with Crippen LogP contribution in [0.3, 0.4) is 0 Å². The molecule has 0 aliphatic carbocycles. The molecule has 2 aromatic carbocycles. The maximum Gasteiger partial charge on any atom is 0.238 e. The minimum absolute atomic E-state index is 0.0573. The molecule has 0 aromatic heterocycles. The van der Waals surface area contributed by atoms with E-state index in [0.717, 1.165) is 5.56 Å². The Bertz CT molecular complexity index is 903. The minimum atomic E-state index is -3.74. The molecule has 0 aliphatic rings. The lowest BCUT2D eigenvalue weighted by Crippen LogP contribution is -2.41. The van der Waals surface area contributed by atoms with E-state index < -0.39 is 10.0 Å². The number of rotatable bonds is 7. The van der Waals surface area contributed by atoms with Crippen LogP contribution in [0.25, 0.3) is 0 Å². The van der Waals surface area contributed by atoms with E-state index in [2.05, 4.69) is 15.6 Å². The number of nitrogens with two attached hydrogens (primary N) is 1. The highest BCUT2D eigenvalue weighted by atomic mass is 32.2. The van der Waals surface area contributed by atoms with Crippen molar-refractivity contribution in [2.75, 3.05) is 13.6 Å². The number of hydrogen-bond donors (Lipinski definition) is 3. The normalized spacial score (nSPS) is 13.1. The zero-order chi connectivity index (χ0) is 19.9. The first-order valence-electron chi connectivity index (χ1n) is 8.26. The van der Waals surface area contributed by atoms with Crippen LogP contribution in [0.5, 0.6) is 5.75 Å². The molecule has 0 fully saturated rings. The van der Waals surface area contributed by atoms with Crippen molar-refractivity contribution < 1.29 is 17.5 Å². The van der Waals surface area contributed by atoms with Crippen molar-refractivity contribution in [3.63, 3.8) is 0 Å². The van der Waals surface area contributed by atoms with E-state index >= 15 is 0 Å². The van der Waals surface area contributed by atoms with Crippen LogP contribution in [-0.4, -0.2) is 34.1 Å². The molecule has 2 rings (SSSR count). The van der Waals surface area contributed by atoms with Crippen LogP contribution in [0.1, 0.15) is 12.5 Å². The molecule has 2 aromatic rings. The third-order valence-corrected chi connectivity index (χ3v) is 4.51. The van der Waals surface area contributed by atoms with Crippen molar-refractivity contribution in [1.29, 1.82) is 0 Å². The predicted molar refractivity (Wildman–Crippen MR) is 103 cm³/mol. The molecule has 1 atom stereocenters. The zero-order valence-electron chi connectivity index (χ0n) is 15.1. The smallest absolute Gasteiger partial charge is 0.238 e. The van der Waals surface area contributed by atoms with Gasteiger partial charge in [-0.15, -0.1) is 0 Å². The summed E-state index contributed by atoms with van der Waals surface area (Å²) >= 11 is 0. The van der Waals surface area contributed by atoms with Gasteiger partial charge in [0.15, 0.2) is 5.96 Å². The van der Waals surface area contributed by atoms with Crippen molar-refractivity contribution in [3.8, 4) is 5.75 Å². The Morgan fingerprint density at radius 3 is 2.63 bits per heavy atom. The summed E-state index contributed by atoms with van der Waals surface area (Å²) in [7, 11) is -2.12. The second kappa shape index (κ2) is 9.33. The van der Waals surface area contributed by atoms with E-state index in [1.807, 2.05) is 6.92 Å². The Morgan fingerprint density at radius 1 is 1.22 bits per heavy atom. The maximum atomic E-state index is 13.2. The van der Waals surface area contributed by atoms with Gasteiger partial charge >= 0.3 is 0 Å². The highest BCUT2D eigenvalue weighted by molar-refractivity contribution is 7.89. The van der Waals surface area contributed by atoms with Crippen LogP contribution in [0, 0.1) is 5.82 Å². The number of primary sulfonamides is 1. The third kappa shape index (κ3) is 6.87. The number of ether oxygens (including phenoxy) is 1. The number of aliphatic imine (C=N–C) groups is 1. The largest absolute Gasteiger partial charge is 0.489 e. The molecule has 0 saturated carbocycles. The van der Waals surface area contributed by atoms with Gasteiger partial charge in [-0.2, -0.15) is 0 Å². The van der Waals surface area contributed by atoms with Gasteiger partial charge in [0.25, 0.3) is 0 Å². The first-order valence-corrected chi connectivity index (χ1v) is 9.81. The first kappa shape index (κ1) is 20.7. The Morgan fingerprint density at radius 2 is 1.96 bits per heavy atom. The highest BCUT2D eigenvalue weighted by Gasteiger charge is 2.09. The van der Waals surface area contributed by atoms with Gasteiger partial charge in [-0.3, -0.25) is 4.99 Å². The number of nitrogens with zero attached hydrogens (tertiary/aromatic N) is 1. The molecule has 4 N–H and O–H groups in total. The van der Waals surface area contributed by atoms with Crippen molar-refractivity contribution in [2.45, 2.75) is 24.5 Å². The van der Waals surface area contributed by atoms with Crippen LogP contribution >= 0.6 is 0 Å². The van der Waals surface area contributed by atoms with Crippen LogP contribution in [0.4, 0.5) is 4.39 Å². The molecule has 27 heavy (non-hydrogen) atoms. The Labute approximate surface area is 158 Å². The minimum Gasteiger partial charge on any atom is -0.489 e. The second-order valence-corrected chi connectivity index (χ2v) is 7.45.